The van der Waals surface area contributed by atoms with Crippen LogP contribution >= 0.6 is 11.6 Å². The number of hydrogen-bond acceptors (Lipinski definition) is 3. The number of carbonyl (C=O) groups is 2. The molecule has 3 N–H and O–H groups in total. The number of benzene rings is 1. The first kappa shape index (κ1) is 15.0. The topological polar surface area (TPSA) is 96.0 Å². The van der Waals surface area contributed by atoms with Crippen molar-refractivity contribution >= 4 is 23.4 Å². The average Bonchev–Trinajstić information content (AvgIpc) is 2.37. The molecule has 1 aromatic carbocycles. The van der Waals surface area contributed by atoms with E-state index < -0.39 is 17.9 Å². The summed E-state index contributed by atoms with van der Waals surface area (Å²) in [6.45, 7) is 1.65. The minimum absolute atomic E-state index is 0.169. The second-order valence-electron chi connectivity index (χ2n) is 4.17. The standard InChI is InChI=1S/C13H14ClN3O2/c1-8(7-15)6-11(12(16)18)17-13(19)9-4-2-3-5-10(9)14/h2-5,8,11H,6H2,1H3,(H2,16,18)(H,17,19)/t8-,11-/m0/s1. The summed E-state index contributed by atoms with van der Waals surface area (Å²) < 4.78 is 0. The number of hydrogen-bond donors (Lipinski definition) is 2. The predicted molar refractivity (Wildman–Crippen MR) is 71.3 cm³/mol. The van der Waals surface area contributed by atoms with Crippen molar-refractivity contribution in [1.29, 1.82) is 5.26 Å². The third-order valence-electron chi connectivity index (χ3n) is 2.58. The van der Waals surface area contributed by atoms with Crippen LogP contribution in [-0.2, 0) is 4.79 Å². The van der Waals surface area contributed by atoms with Crippen LogP contribution in [0.15, 0.2) is 24.3 Å². The molecule has 6 heteroatoms. The van der Waals surface area contributed by atoms with Crippen molar-refractivity contribution in [3.8, 4) is 6.07 Å². The maximum atomic E-state index is 12.0. The summed E-state index contributed by atoms with van der Waals surface area (Å²) in [6, 6.07) is 7.58. The molecule has 1 aromatic rings. The van der Waals surface area contributed by atoms with Crippen LogP contribution in [0, 0.1) is 17.2 Å². The summed E-state index contributed by atoms with van der Waals surface area (Å²) in [7, 11) is 0. The van der Waals surface area contributed by atoms with Crippen molar-refractivity contribution in [1.82, 2.24) is 5.32 Å². The zero-order valence-corrected chi connectivity index (χ0v) is 11.1. The van der Waals surface area contributed by atoms with Gasteiger partial charge < -0.3 is 11.1 Å². The van der Waals surface area contributed by atoms with E-state index >= 15 is 0 Å². The summed E-state index contributed by atoms with van der Waals surface area (Å²) in [4.78, 5) is 23.2. The van der Waals surface area contributed by atoms with Gasteiger partial charge in [0.15, 0.2) is 0 Å². The van der Waals surface area contributed by atoms with Crippen LogP contribution in [0.4, 0.5) is 0 Å². The Morgan fingerprint density at radius 1 is 1.47 bits per heavy atom. The molecule has 2 atom stereocenters. The average molecular weight is 280 g/mol. The fraction of sp³-hybridized carbons (Fsp3) is 0.308. The third kappa shape index (κ3) is 4.27. The predicted octanol–water partition coefficient (Wildman–Crippen LogP) is 1.47. The minimum Gasteiger partial charge on any atom is -0.368 e. The van der Waals surface area contributed by atoms with Crippen LogP contribution in [-0.4, -0.2) is 17.9 Å². The number of primary amides is 1. The SMILES string of the molecule is C[C@H](C#N)C[C@H](NC(=O)c1ccccc1Cl)C(N)=O. The maximum Gasteiger partial charge on any atom is 0.253 e. The number of halogens is 1. The highest BCUT2D eigenvalue weighted by Crippen LogP contribution is 2.15. The van der Waals surface area contributed by atoms with Crippen LogP contribution in [0.1, 0.15) is 23.7 Å². The smallest absolute Gasteiger partial charge is 0.253 e. The van der Waals surface area contributed by atoms with Gasteiger partial charge in [0, 0.05) is 5.92 Å². The normalized spacial score (nSPS) is 13.1. The van der Waals surface area contributed by atoms with Gasteiger partial charge in [-0.3, -0.25) is 9.59 Å². The molecule has 100 valence electrons. The fourth-order valence-corrected chi connectivity index (χ4v) is 1.76. The summed E-state index contributed by atoms with van der Waals surface area (Å²) in [6.07, 6.45) is 0.169. The van der Waals surface area contributed by atoms with E-state index in [0.717, 1.165) is 0 Å². The van der Waals surface area contributed by atoms with Gasteiger partial charge in [0.1, 0.15) is 6.04 Å². The van der Waals surface area contributed by atoms with Gasteiger partial charge in [-0.05, 0) is 25.5 Å². The molecule has 19 heavy (non-hydrogen) atoms. The van der Waals surface area contributed by atoms with Crippen LogP contribution in [0.2, 0.25) is 5.02 Å². The maximum absolute atomic E-state index is 12.0. The molecule has 2 amide bonds. The minimum atomic E-state index is -0.890. The number of nitrogens with zero attached hydrogens (tertiary/aromatic N) is 1. The molecule has 0 bridgehead atoms. The summed E-state index contributed by atoms with van der Waals surface area (Å²) in [5.74, 6) is -1.55. The molecule has 1 rings (SSSR count). The molecule has 5 nitrogen and oxygen atoms in total. The molecular formula is C13H14ClN3O2. The quantitative estimate of drug-likeness (QED) is 0.854. The van der Waals surface area contributed by atoms with Gasteiger partial charge >= 0.3 is 0 Å². The molecular weight excluding hydrogens is 266 g/mol. The van der Waals surface area contributed by atoms with Crippen LogP contribution in [0.3, 0.4) is 0 Å². The highest BCUT2D eigenvalue weighted by atomic mass is 35.5. The lowest BCUT2D eigenvalue weighted by molar-refractivity contribution is -0.120. The molecule has 0 aliphatic rings. The van der Waals surface area contributed by atoms with Crippen LogP contribution in [0.5, 0.6) is 0 Å². The lowest BCUT2D eigenvalue weighted by Gasteiger charge is -2.16. The van der Waals surface area contributed by atoms with Crippen LogP contribution < -0.4 is 11.1 Å². The Hall–Kier alpha value is -2.06. The fourth-order valence-electron chi connectivity index (χ4n) is 1.53. The second-order valence-corrected chi connectivity index (χ2v) is 4.58. The van der Waals surface area contributed by atoms with Crippen molar-refractivity contribution in [2.45, 2.75) is 19.4 Å². The van der Waals surface area contributed by atoms with Gasteiger partial charge in [-0.1, -0.05) is 23.7 Å². The van der Waals surface area contributed by atoms with E-state index in [4.69, 9.17) is 22.6 Å². The first-order valence-corrected chi connectivity index (χ1v) is 6.07. The molecule has 0 aromatic heterocycles. The van der Waals surface area contributed by atoms with Gasteiger partial charge in [-0.15, -0.1) is 0 Å². The van der Waals surface area contributed by atoms with E-state index in [1.54, 1.807) is 31.2 Å². The van der Waals surface area contributed by atoms with Crippen molar-refractivity contribution in [2.75, 3.05) is 0 Å². The number of nitrogens with two attached hydrogens (primary N) is 1. The lowest BCUT2D eigenvalue weighted by atomic mass is 10.0. The Morgan fingerprint density at radius 2 is 2.11 bits per heavy atom. The zero-order chi connectivity index (χ0) is 14.4. The van der Waals surface area contributed by atoms with E-state index in [9.17, 15) is 9.59 Å². The second kappa shape index (κ2) is 6.76. The Labute approximate surface area is 116 Å². The van der Waals surface area contributed by atoms with Crippen molar-refractivity contribution < 1.29 is 9.59 Å². The Bertz CT molecular complexity index is 525. The van der Waals surface area contributed by atoms with Gasteiger partial charge in [0.2, 0.25) is 5.91 Å². The van der Waals surface area contributed by atoms with E-state index in [-0.39, 0.29) is 22.9 Å². The third-order valence-corrected chi connectivity index (χ3v) is 2.91. The molecule has 0 spiro atoms. The Balaban J connectivity index is 2.81. The summed E-state index contributed by atoms with van der Waals surface area (Å²) in [5, 5.41) is 11.5. The molecule has 0 radical (unpaired) electrons. The molecule has 0 fully saturated rings. The largest absolute Gasteiger partial charge is 0.368 e. The monoisotopic (exact) mass is 279 g/mol. The first-order chi connectivity index (χ1) is 8.95. The van der Waals surface area contributed by atoms with Gasteiger partial charge in [-0.25, -0.2) is 0 Å². The molecule has 0 heterocycles. The van der Waals surface area contributed by atoms with E-state index in [1.807, 2.05) is 6.07 Å². The Morgan fingerprint density at radius 3 is 2.63 bits per heavy atom. The summed E-state index contributed by atoms with van der Waals surface area (Å²) in [5.41, 5.74) is 5.47. The highest BCUT2D eigenvalue weighted by molar-refractivity contribution is 6.33. The molecule has 0 unspecified atom stereocenters. The molecule has 0 saturated carbocycles. The van der Waals surface area contributed by atoms with Crippen molar-refractivity contribution in [3.05, 3.63) is 34.9 Å². The van der Waals surface area contributed by atoms with Crippen molar-refractivity contribution in [2.24, 2.45) is 11.7 Å². The molecule has 0 aliphatic carbocycles. The Kier molecular flexibility index (Phi) is 5.34. The van der Waals surface area contributed by atoms with E-state index in [1.165, 1.54) is 0 Å². The first-order valence-electron chi connectivity index (χ1n) is 5.70. The van der Waals surface area contributed by atoms with Crippen molar-refractivity contribution in [3.63, 3.8) is 0 Å². The summed E-state index contributed by atoms with van der Waals surface area (Å²) >= 11 is 5.89. The molecule has 0 saturated heterocycles. The number of nitriles is 1. The van der Waals surface area contributed by atoms with Gasteiger partial charge in [0.25, 0.3) is 5.91 Å². The zero-order valence-electron chi connectivity index (χ0n) is 10.4. The number of amides is 2. The van der Waals surface area contributed by atoms with Crippen LogP contribution in [0.25, 0.3) is 0 Å². The van der Waals surface area contributed by atoms with Gasteiger partial charge in [0.05, 0.1) is 16.7 Å². The highest BCUT2D eigenvalue weighted by Gasteiger charge is 2.22. The number of carbonyl (C=O) groups excluding carboxylic acids is 2. The van der Waals surface area contributed by atoms with Gasteiger partial charge in [-0.2, -0.15) is 5.26 Å². The van der Waals surface area contributed by atoms with E-state index in [0.29, 0.717) is 0 Å². The number of nitrogens with one attached hydrogen (secondary N) is 1. The van der Waals surface area contributed by atoms with E-state index in [2.05, 4.69) is 5.32 Å². The molecule has 0 aliphatic heterocycles. The lowest BCUT2D eigenvalue weighted by Crippen LogP contribution is -2.45. The number of rotatable bonds is 5.